The van der Waals surface area contributed by atoms with Crippen LogP contribution in [0.1, 0.15) is 0 Å². The Morgan fingerprint density at radius 2 is 1.65 bits per heavy atom. The molecule has 154 valence electrons. The Hall–Kier alpha value is -4.04. The van der Waals surface area contributed by atoms with Gasteiger partial charge in [0, 0.05) is 34.0 Å². The van der Waals surface area contributed by atoms with Crippen molar-refractivity contribution in [3.8, 4) is 22.8 Å². The highest BCUT2D eigenvalue weighted by atomic mass is 35.5. The monoisotopic (exact) mass is 433 g/mol. The van der Waals surface area contributed by atoms with Crippen LogP contribution in [0.25, 0.3) is 22.8 Å². The van der Waals surface area contributed by atoms with Crippen LogP contribution in [0.2, 0.25) is 5.02 Å². The van der Waals surface area contributed by atoms with Gasteiger partial charge in [-0.2, -0.15) is 0 Å². The first-order valence-electron chi connectivity index (χ1n) is 9.30. The lowest BCUT2D eigenvalue weighted by Crippen LogP contribution is -2.20. The fourth-order valence-corrected chi connectivity index (χ4v) is 3.10. The smallest absolute Gasteiger partial charge is 0.269 e. The van der Waals surface area contributed by atoms with Crippen molar-refractivity contribution >= 4 is 28.9 Å². The Kier molecular flexibility index (Phi) is 5.72. The lowest BCUT2D eigenvalue weighted by Gasteiger charge is -2.07. The van der Waals surface area contributed by atoms with Crippen LogP contribution in [-0.4, -0.2) is 25.6 Å². The van der Waals surface area contributed by atoms with Gasteiger partial charge in [-0.05, 0) is 36.4 Å². The molecule has 0 atom stereocenters. The lowest BCUT2D eigenvalue weighted by molar-refractivity contribution is -0.384. The summed E-state index contributed by atoms with van der Waals surface area (Å²) in [5, 5.41) is 18.8. The number of rotatable bonds is 6. The van der Waals surface area contributed by atoms with Crippen LogP contribution in [-0.2, 0) is 11.3 Å². The number of nitro benzene ring substituents is 1. The van der Waals surface area contributed by atoms with E-state index in [2.05, 4.69) is 15.4 Å². The highest BCUT2D eigenvalue weighted by Gasteiger charge is 2.17. The first kappa shape index (κ1) is 20.2. The summed E-state index contributed by atoms with van der Waals surface area (Å²) in [6, 6.07) is 22.1. The molecule has 0 unspecified atom stereocenters. The summed E-state index contributed by atoms with van der Waals surface area (Å²) in [4.78, 5) is 27.6. The largest absolute Gasteiger partial charge is 0.324 e. The van der Waals surface area contributed by atoms with E-state index in [-0.39, 0.29) is 18.1 Å². The summed E-state index contributed by atoms with van der Waals surface area (Å²) in [7, 11) is 0. The molecule has 0 radical (unpaired) electrons. The molecule has 4 aromatic rings. The van der Waals surface area contributed by atoms with Gasteiger partial charge in [0.1, 0.15) is 6.54 Å². The number of amides is 1. The Morgan fingerprint density at radius 3 is 2.29 bits per heavy atom. The molecule has 0 saturated carbocycles. The van der Waals surface area contributed by atoms with Gasteiger partial charge in [-0.3, -0.25) is 14.9 Å². The number of anilines is 1. The number of hydrogen-bond acceptors (Lipinski definition) is 5. The molecule has 3 aromatic carbocycles. The van der Waals surface area contributed by atoms with Crippen molar-refractivity contribution < 1.29 is 9.72 Å². The number of aromatic nitrogens is 3. The molecule has 1 N–H and O–H groups in total. The number of nitro groups is 1. The van der Waals surface area contributed by atoms with E-state index in [0.717, 1.165) is 5.56 Å². The van der Waals surface area contributed by atoms with Gasteiger partial charge in [-0.25, -0.2) is 9.67 Å². The van der Waals surface area contributed by atoms with Crippen LogP contribution in [0, 0.1) is 10.1 Å². The van der Waals surface area contributed by atoms with Gasteiger partial charge in [0.2, 0.25) is 5.91 Å². The van der Waals surface area contributed by atoms with Crippen molar-refractivity contribution in [3.63, 3.8) is 0 Å². The van der Waals surface area contributed by atoms with Gasteiger partial charge in [-0.1, -0.05) is 41.9 Å². The highest BCUT2D eigenvalue weighted by Crippen LogP contribution is 2.24. The molecule has 0 bridgehead atoms. The summed E-state index contributed by atoms with van der Waals surface area (Å²) in [6.07, 6.45) is 0. The van der Waals surface area contributed by atoms with Crippen molar-refractivity contribution in [2.75, 3.05) is 5.32 Å². The molecule has 0 aliphatic carbocycles. The molecular weight excluding hydrogens is 418 g/mol. The van der Waals surface area contributed by atoms with Crippen molar-refractivity contribution in [3.05, 3.63) is 94.0 Å². The van der Waals surface area contributed by atoms with E-state index in [1.807, 2.05) is 30.3 Å². The zero-order valence-corrected chi connectivity index (χ0v) is 16.9. The second-order valence-corrected chi connectivity index (χ2v) is 7.08. The molecule has 4 rings (SSSR count). The van der Waals surface area contributed by atoms with Gasteiger partial charge >= 0.3 is 0 Å². The summed E-state index contributed by atoms with van der Waals surface area (Å²) in [5.74, 6) is 0.605. The topological polar surface area (TPSA) is 103 Å². The van der Waals surface area contributed by atoms with Gasteiger partial charge in [-0.15, -0.1) is 5.10 Å². The van der Waals surface area contributed by atoms with E-state index in [4.69, 9.17) is 11.6 Å². The van der Waals surface area contributed by atoms with E-state index in [0.29, 0.717) is 27.9 Å². The van der Waals surface area contributed by atoms with Crippen molar-refractivity contribution in [1.29, 1.82) is 0 Å². The quantitative estimate of drug-likeness (QED) is 0.347. The average Bonchev–Trinajstić information content (AvgIpc) is 3.19. The number of hydrogen-bond donors (Lipinski definition) is 1. The van der Waals surface area contributed by atoms with Gasteiger partial charge < -0.3 is 5.32 Å². The van der Waals surface area contributed by atoms with Crippen molar-refractivity contribution in [1.82, 2.24) is 14.8 Å². The molecule has 9 heteroatoms. The SMILES string of the molecule is O=C(Cn1nc(-c2ccc([N+](=O)[O-])cc2)nc1-c1ccccc1)Nc1ccc(Cl)cc1. The second-order valence-electron chi connectivity index (χ2n) is 6.64. The number of carbonyl (C=O) groups excluding carboxylic acids is 1. The number of halogens is 1. The first-order chi connectivity index (χ1) is 15.0. The van der Waals surface area contributed by atoms with E-state index in [1.54, 1.807) is 36.4 Å². The summed E-state index contributed by atoms with van der Waals surface area (Å²) in [6.45, 7) is -0.0627. The minimum atomic E-state index is -0.466. The molecular formula is C22H16ClN5O3. The normalized spacial score (nSPS) is 10.6. The van der Waals surface area contributed by atoms with E-state index < -0.39 is 4.92 Å². The third kappa shape index (κ3) is 4.76. The molecule has 8 nitrogen and oxygen atoms in total. The van der Waals surface area contributed by atoms with E-state index in [9.17, 15) is 14.9 Å². The molecule has 0 saturated heterocycles. The van der Waals surface area contributed by atoms with Crippen LogP contribution in [0.3, 0.4) is 0 Å². The number of nitrogens with zero attached hydrogens (tertiary/aromatic N) is 4. The van der Waals surface area contributed by atoms with Gasteiger partial charge in [0.25, 0.3) is 5.69 Å². The Balaban J connectivity index is 1.64. The molecule has 0 fully saturated rings. The average molecular weight is 434 g/mol. The molecule has 0 aliphatic heterocycles. The minimum absolute atomic E-state index is 0.0196. The molecule has 0 aliphatic rings. The summed E-state index contributed by atoms with van der Waals surface area (Å²) in [5.41, 5.74) is 2.00. The maximum Gasteiger partial charge on any atom is 0.269 e. The van der Waals surface area contributed by atoms with Gasteiger partial charge in [0.05, 0.1) is 4.92 Å². The molecule has 1 amide bonds. The van der Waals surface area contributed by atoms with E-state index in [1.165, 1.54) is 16.8 Å². The zero-order valence-electron chi connectivity index (χ0n) is 16.1. The Bertz CT molecular complexity index is 1220. The number of benzene rings is 3. The number of nitrogens with one attached hydrogen (secondary N) is 1. The van der Waals surface area contributed by atoms with Crippen LogP contribution in [0.4, 0.5) is 11.4 Å². The second kappa shape index (κ2) is 8.76. The first-order valence-corrected chi connectivity index (χ1v) is 9.68. The minimum Gasteiger partial charge on any atom is -0.324 e. The highest BCUT2D eigenvalue weighted by molar-refractivity contribution is 6.30. The van der Waals surface area contributed by atoms with Crippen LogP contribution in [0.15, 0.2) is 78.9 Å². The predicted molar refractivity (Wildman–Crippen MR) is 118 cm³/mol. The Morgan fingerprint density at radius 1 is 0.968 bits per heavy atom. The lowest BCUT2D eigenvalue weighted by atomic mass is 10.2. The molecule has 0 spiro atoms. The molecule has 1 aromatic heterocycles. The maximum absolute atomic E-state index is 12.6. The number of carbonyl (C=O) groups is 1. The molecule has 1 heterocycles. The van der Waals surface area contributed by atoms with E-state index >= 15 is 0 Å². The van der Waals surface area contributed by atoms with Crippen LogP contribution < -0.4 is 5.32 Å². The third-order valence-corrected chi connectivity index (χ3v) is 4.71. The van der Waals surface area contributed by atoms with Crippen molar-refractivity contribution in [2.24, 2.45) is 0 Å². The van der Waals surface area contributed by atoms with Crippen LogP contribution >= 0.6 is 11.6 Å². The third-order valence-electron chi connectivity index (χ3n) is 4.46. The van der Waals surface area contributed by atoms with Gasteiger partial charge in [0.15, 0.2) is 11.6 Å². The van der Waals surface area contributed by atoms with Crippen LogP contribution in [0.5, 0.6) is 0 Å². The number of non-ortho nitro benzene ring substituents is 1. The standard InChI is InChI=1S/C22H16ClN5O3/c23-17-8-10-18(11-9-17)24-20(29)14-27-22(16-4-2-1-3-5-16)25-21(26-27)15-6-12-19(13-7-15)28(30)31/h1-13H,14H2,(H,24,29). The summed E-state index contributed by atoms with van der Waals surface area (Å²) >= 11 is 5.88. The fraction of sp³-hybridized carbons (Fsp3) is 0.0455. The summed E-state index contributed by atoms with van der Waals surface area (Å²) < 4.78 is 1.51. The maximum atomic E-state index is 12.6. The molecule has 31 heavy (non-hydrogen) atoms. The zero-order chi connectivity index (χ0) is 21.8. The van der Waals surface area contributed by atoms with Crippen molar-refractivity contribution in [2.45, 2.75) is 6.54 Å². The predicted octanol–water partition coefficient (Wildman–Crippen LogP) is 4.81. The Labute approximate surface area is 182 Å². The fourth-order valence-electron chi connectivity index (χ4n) is 2.98.